The van der Waals surface area contributed by atoms with Gasteiger partial charge in [-0.1, -0.05) is 11.6 Å². The summed E-state index contributed by atoms with van der Waals surface area (Å²) < 4.78 is 19.9. The summed E-state index contributed by atoms with van der Waals surface area (Å²) in [6, 6.07) is 5.67. The molecule has 0 aliphatic heterocycles. The van der Waals surface area contributed by atoms with Crippen LogP contribution in [0.5, 0.6) is 0 Å². The summed E-state index contributed by atoms with van der Waals surface area (Å²) in [6.07, 6.45) is 0. The molecule has 0 aliphatic rings. The van der Waals surface area contributed by atoms with E-state index < -0.39 is 0 Å². The Hall–Kier alpha value is -2.67. The molecule has 1 amide bonds. The molecular formula is C17H16ClFN4O2. The number of carbonyl (C=O) groups is 1. The second-order valence-corrected chi connectivity index (χ2v) is 5.93. The van der Waals surface area contributed by atoms with Gasteiger partial charge >= 0.3 is 0 Å². The minimum atomic E-state index is -0.385. The summed E-state index contributed by atoms with van der Waals surface area (Å²) in [7, 11) is 0. The first kappa shape index (κ1) is 17.2. The lowest BCUT2D eigenvalue weighted by Crippen LogP contribution is -2.23. The third-order valence-electron chi connectivity index (χ3n) is 3.78. The zero-order chi connectivity index (χ0) is 18.1. The fourth-order valence-electron chi connectivity index (χ4n) is 2.37. The Labute approximate surface area is 148 Å². The zero-order valence-electron chi connectivity index (χ0n) is 13.9. The van der Waals surface area contributed by atoms with Gasteiger partial charge in [0.15, 0.2) is 0 Å². The van der Waals surface area contributed by atoms with Crippen molar-refractivity contribution >= 4 is 17.5 Å². The Morgan fingerprint density at radius 3 is 2.52 bits per heavy atom. The number of aryl methyl sites for hydroxylation is 3. The van der Waals surface area contributed by atoms with Gasteiger partial charge in [-0.2, -0.15) is 5.10 Å². The number of oxazole rings is 1. The van der Waals surface area contributed by atoms with Crippen LogP contribution in [-0.4, -0.2) is 20.7 Å². The second kappa shape index (κ2) is 6.68. The molecule has 0 atom stereocenters. The molecule has 2 heterocycles. The van der Waals surface area contributed by atoms with Crippen LogP contribution in [0, 0.1) is 26.6 Å². The maximum absolute atomic E-state index is 13.1. The number of rotatable bonds is 4. The van der Waals surface area contributed by atoms with Gasteiger partial charge in [-0.05, 0) is 45.0 Å². The molecule has 1 aromatic carbocycles. The lowest BCUT2D eigenvalue weighted by atomic mass is 10.2. The van der Waals surface area contributed by atoms with Crippen molar-refractivity contribution in [2.24, 2.45) is 0 Å². The zero-order valence-corrected chi connectivity index (χ0v) is 14.7. The highest BCUT2D eigenvalue weighted by atomic mass is 35.5. The third-order valence-corrected chi connectivity index (χ3v) is 4.12. The Bertz CT molecular complexity index is 912. The van der Waals surface area contributed by atoms with Crippen molar-refractivity contribution in [3.05, 3.63) is 63.8 Å². The van der Waals surface area contributed by atoms with Gasteiger partial charge in [-0.25, -0.2) is 14.1 Å². The number of carbonyl (C=O) groups excluding carboxylic acids is 1. The largest absolute Gasteiger partial charge is 0.444 e. The number of amides is 1. The van der Waals surface area contributed by atoms with Crippen molar-refractivity contribution < 1.29 is 13.6 Å². The molecule has 3 rings (SSSR count). The number of benzene rings is 1. The van der Waals surface area contributed by atoms with Gasteiger partial charge in [-0.3, -0.25) is 4.79 Å². The SMILES string of the molecule is Cc1nc(CNC(=O)c2c(C)nn(-c3ccc(F)cc3)c2Cl)oc1C. The van der Waals surface area contributed by atoms with Gasteiger partial charge in [0, 0.05) is 0 Å². The average Bonchev–Trinajstić information content (AvgIpc) is 3.05. The number of hydrogen-bond donors (Lipinski definition) is 1. The van der Waals surface area contributed by atoms with Crippen molar-refractivity contribution in [1.82, 2.24) is 20.1 Å². The number of aromatic nitrogens is 3. The predicted molar refractivity (Wildman–Crippen MR) is 90.4 cm³/mol. The molecule has 3 aromatic rings. The van der Waals surface area contributed by atoms with E-state index in [4.69, 9.17) is 16.0 Å². The molecule has 0 aliphatic carbocycles. The summed E-state index contributed by atoms with van der Waals surface area (Å²) in [4.78, 5) is 16.7. The highest BCUT2D eigenvalue weighted by molar-refractivity contribution is 6.33. The van der Waals surface area contributed by atoms with Gasteiger partial charge in [0.25, 0.3) is 5.91 Å². The van der Waals surface area contributed by atoms with Crippen molar-refractivity contribution in [1.29, 1.82) is 0 Å². The van der Waals surface area contributed by atoms with Crippen LogP contribution in [0.1, 0.15) is 33.4 Å². The van der Waals surface area contributed by atoms with E-state index in [0.717, 1.165) is 5.69 Å². The molecule has 130 valence electrons. The van der Waals surface area contributed by atoms with Gasteiger partial charge in [0.05, 0.1) is 29.2 Å². The first-order valence-corrected chi connectivity index (χ1v) is 7.96. The van der Waals surface area contributed by atoms with Gasteiger partial charge in [-0.15, -0.1) is 0 Å². The Balaban J connectivity index is 1.82. The molecule has 0 spiro atoms. The van der Waals surface area contributed by atoms with Crippen LogP contribution in [0.15, 0.2) is 28.7 Å². The quantitative estimate of drug-likeness (QED) is 0.770. The fraction of sp³-hybridized carbons (Fsp3) is 0.235. The third kappa shape index (κ3) is 3.41. The van der Waals surface area contributed by atoms with E-state index in [-0.39, 0.29) is 29.0 Å². The molecule has 0 fully saturated rings. The smallest absolute Gasteiger partial charge is 0.256 e. The van der Waals surface area contributed by atoms with Crippen LogP contribution in [0.2, 0.25) is 5.15 Å². The molecule has 0 unspecified atom stereocenters. The molecule has 8 heteroatoms. The van der Waals surface area contributed by atoms with E-state index in [1.807, 2.05) is 6.92 Å². The topological polar surface area (TPSA) is 73.0 Å². The van der Waals surface area contributed by atoms with Crippen LogP contribution in [0.4, 0.5) is 4.39 Å². The average molecular weight is 363 g/mol. The Morgan fingerprint density at radius 2 is 1.92 bits per heavy atom. The minimum Gasteiger partial charge on any atom is -0.444 e. The molecule has 0 bridgehead atoms. The number of nitrogens with zero attached hydrogens (tertiary/aromatic N) is 3. The minimum absolute atomic E-state index is 0.144. The van der Waals surface area contributed by atoms with E-state index >= 15 is 0 Å². The van der Waals surface area contributed by atoms with Crippen molar-refractivity contribution in [2.75, 3.05) is 0 Å². The van der Waals surface area contributed by atoms with Gasteiger partial charge in [0.2, 0.25) is 5.89 Å². The maximum Gasteiger partial charge on any atom is 0.256 e. The standard InChI is InChI=1S/C17H16ClFN4O2/c1-9-11(3)25-14(21-9)8-20-17(24)15-10(2)22-23(16(15)18)13-6-4-12(19)5-7-13/h4-7H,8H2,1-3H3,(H,20,24). The normalized spacial score (nSPS) is 10.9. The van der Waals surface area contributed by atoms with Crippen molar-refractivity contribution in [3.8, 4) is 5.69 Å². The van der Waals surface area contributed by atoms with Gasteiger partial charge in [0.1, 0.15) is 16.7 Å². The van der Waals surface area contributed by atoms with Crippen molar-refractivity contribution in [2.45, 2.75) is 27.3 Å². The van der Waals surface area contributed by atoms with Gasteiger partial charge < -0.3 is 9.73 Å². The summed E-state index contributed by atoms with van der Waals surface area (Å²) in [5.74, 6) is 0.383. The van der Waals surface area contributed by atoms with E-state index in [2.05, 4.69) is 15.4 Å². The predicted octanol–water partition coefficient (Wildman–Crippen LogP) is 3.51. The summed E-state index contributed by atoms with van der Waals surface area (Å²) in [6.45, 7) is 5.46. The Morgan fingerprint density at radius 1 is 1.24 bits per heavy atom. The van der Waals surface area contributed by atoms with E-state index in [9.17, 15) is 9.18 Å². The number of halogens is 2. The number of nitrogens with one attached hydrogen (secondary N) is 1. The Kier molecular flexibility index (Phi) is 4.59. The highest BCUT2D eigenvalue weighted by Crippen LogP contribution is 2.23. The van der Waals surface area contributed by atoms with E-state index in [0.29, 0.717) is 23.0 Å². The van der Waals surface area contributed by atoms with Crippen LogP contribution in [0.3, 0.4) is 0 Å². The monoisotopic (exact) mass is 362 g/mol. The van der Waals surface area contributed by atoms with Crippen LogP contribution >= 0.6 is 11.6 Å². The van der Waals surface area contributed by atoms with E-state index in [1.54, 1.807) is 13.8 Å². The molecule has 2 aromatic heterocycles. The lowest BCUT2D eigenvalue weighted by molar-refractivity contribution is 0.0946. The first-order valence-electron chi connectivity index (χ1n) is 7.59. The summed E-state index contributed by atoms with van der Waals surface area (Å²) >= 11 is 6.32. The molecule has 6 nitrogen and oxygen atoms in total. The second-order valence-electron chi connectivity index (χ2n) is 5.57. The van der Waals surface area contributed by atoms with E-state index in [1.165, 1.54) is 28.9 Å². The molecule has 0 radical (unpaired) electrons. The molecule has 0 saturated heterocycles. The lowest BCUT2D eigenvalue weighted by Gasteiger charge is -2.04. The molecule has 0 saturated carbocycles. The summed E-state index contributed by atoms with van der Waals surface area (Å²) in [5, 5.41) is 7.14. The first-order chi connectivity index (χ1) is 11.9. The van der Waals surface area contributed by atoms with Crippen LogP contribution in [-0.2, 0) is 6.54 Å². The van der Waals surface area contributed by atoms with Crippen molar-refractivity contribution in [3.63, 3.8) is 0 Å². The number of hydrogen-bond acceptors (Lipinski definition) is 4. The molecule has 25 heavy (non-hydrogen) atoms. The molecular weight excluding hydrogens is 347 g/mol. The highest BCUT2D eigenvalue weighted by Gasteiger charge is 2.21. The fourth-order valence-corrected chi connectivity index (χ4v) is 2.73. The maximum atomic E-state index is 13.1. The summed E-state index contributed by atoms with van der Waals surface area (Å²) in [5.41, 5.74) is 2.06. The molecule has 1 N–H and O–H groups in total. The van der Waals surface area contributed by atoms with Crippen LogP contribution in [0.25, 0.3) is 5.69 Å². The van der Waals surface area contributed by atoms with Crippen LogP contribution < -0.4 is 5.32 Å².